The lowest BCUT2D eigenvalue weighted by Gasteiger charge is -2.57. The number of piperidine rings is 1. The average Bonchev–Trinajstić information content (AvgIpc) is 3.58. The number of aromatic nitrogens is 4. The number of alkyl halides is 6. The first-order chi connectivity index (χ1) is 31.0. The van der Waals surface area contributed by atoms with E-state index >= 15 is 8.78 Å². The predicted molar refractivity (Wildman–Crippen MR) is 224 cm³/mol. The fourth-order valence-electron chi connectivity index (χ4n) is 9.44. The number of anilines is 4. The highest BCUT2D eigenvalue weighted by atomic mass is 19.4. The third-order valence-corrected chi connectivity index (χ3v) is 13.1. The summed E-state index contributed by atoms with van der Waals surface area (Å²) in [5, 5.41) is 12.6. The van der Waals surface area contributed by atoms with Crippen molar-refractivity contribution in [3.8, 4) is 11.3 Å². The average molecular weight is 902 g/mol. The van der Waals surface area contributed by atoms with Crippen molar-refractivity contribution in [3.05, 3.63) is 94.9 Å². The third-order valence-electron chi connectivity index (χ3n) is 13.1. The van der Waals surface area contributed by atoms with Crippen LogP contribution in [0.1, 0.15) is 56.8 Å². The minimum atomic E-state index is -4.90. The van der Waals surface area contributed by atoms with Gasteiger partial charge >= 0.3 is 12.2 Å². The van der Waals surface area contributed by atoms with E-state index in [0.29, 0.717) is 42.7 Å². The molecule has 10 rings (SSSR count). The molecule has 65 heavy (non-hydrogen) atoms. The van der Waals surface area contributed by atoms with Gasteiger partial charge in [0.05, 0.1) is 46.8 Å². The van der Waals surface area contributed by atoms with Gasteiger partial charge in [0.1, 0.15) is 6.17 Å². The van der Waals surface area contributed by atoms with Gasteiger partial charge in [-0.05, 0) is 54.3 Å². The van der Waals surface area contributed by atoms with Gasteiger partial charge in [0.15, 0.2) is 17.2 Å². The fraction of sp³-hybridized carbons (Fsp3) is 0.386. The summed E-state index contributed by atoms with van der Waals surface area (Å²) in [6.45, 7) is -0.215. The first-order valence-corrected chi connectivity index (χ1v) is 21.1. The maximum Gasteiger partial charge on any atom is 0.418 e. The van der Waals surface area contributed by atoms with E-state index in [1.54, 1.807) is 13.2 Å². The molecule has 4 aliphatic heterocycles. The van der Waals surface area contributed by atoms with Crippen LogP contribution in [-0.4, -0.2) is 118 Å². The molecule has 3 saturated heterocycles. The summed E-state index contributed by atoms with van der Waals surface area (Å²) >= 11 is 0. The Morgan fingerprint density at radius 1 is 0.923 bits per heavy atom. The zero-order valence-corrected chi connectivity index (χ0v) is 34.8. The Hall–Kier alpha value is -6.77. The number of rotatable bonds is 9. The summed E-state index contributed by atoms with van der Waals surface area (Å²) in [6.07, 6.45) is -2.13. The van der Waals surface area contributed by atoms with Crippen molar-refractivity contribution in [2.75, 3.05) is 61.4 Å². The summed E-state index contributed by atoms with van der Waals surface area (Å²) < 4.78 is 88.8. The van der Waals surface area contributed by atoms with Gasteiger partial charge < -0.3 is 20.4 Å². The molecule has 5 aromatic rings. The molecule has 2 aromatic carbocycles. The first-order valence-electron chi connectivity index (χ1n) is 21.1. The number of halogens is 6. The van der Waals surface area contributed by atoms with Crippen molar-refractivity contribution in [2.24, 2.45) is 5.41 Å². The zero-order chi connectivity index (χ0) is 45.6. The van der Waals surface area contributed by atoms with Gasteiger partial charge in [-0.1, -0.05) is 18.2 Å². The molecule has 4 fully saturated rings. The number of nitrogens with one attached hydrogen (secondary N) is 3. The summed E-state index contributed by atoms with van der Waals surface area (Å²) in [6, 6.07) is 12.4. The van der Waals surface area contributed by atoms with Gasteiger partial charge in [0.25, 0.3) is 17.7 Å². The standard InChI is InChI=1S/C44H41F6N11O4/c1-51-32-17-36(56-61-35(19-53-38(32)61)39(63)54-31-16-29(31)45)59-12-9-27-26(3-2-4-33(27)59)30-8-5-24(18-52-30)20-57-21-42(22-57)11-14-58(23-43(42,46)47)40(64)25-6-7-28(44(48,49)50)34(15-25)60-13-10-37(62)55-41(60)65/h2-8,15,17-19,29,31,51H,9-14,16,20-23H2,1H3,(H,54,63)(H,55,62,65)/t29-,31?/m0/s1. The molecule has 1 saturated carbocycles. The van der Waals surface area contributed by atoms with Gasteiger partial charge in [-0.3, -0.25) is 34.5 Å². The van der Waals surface area contributed by atoms with Crippen LogP contribution in [0.4, 0.5) is 54.0 Å². The minimum Gasteiger partial charge on any atom is -0.385 e. The summed E-state index contributed by atoms with van der Waals surface area (Å²) in [5.74, 6) is -4.72. The van der Waals surface area contributed by atoms with Gasteiger partial charge in [0, 0.05) is 88.2 Å². The normalized spacial score (nSPS) is 21.3. The molecule has 338 valence electrons. The van der Waals surface area contributed by atoms with Gasteiger partial charge in [-0.2, -0.15) is 13.2 Å². The molecule has 1 spiro atoms. The summed E-state index contributed by atoms with van der Waals surface area (Å²) in [4.78, 5) is 65.4. The second kappa shape index (κ2) is 15.4. The van der Waals surface area contributed by atoms with Crippen molar-refractivity contribution in [2.45, 2.75) is 56.5 Å². The molecular weight excluding hydrogens is 861 g/mol. The summed E-state index contributed by atoms with van der Waals surface area (Å²) in [7, 11) is 1.75. The van der Waals surface area contributed by atoms with E-state index in [0.717, 1.165) is 50.0 Å². The number of amides is 5. The van der Waals surface area contributed by atoms with Crippen molar-refractivity contribution < 1.29 is 45.5 Å². The van der Waals surface area contributed by atoms with Gasteiger partial charge in [-0.15, -0.1) is 5.10 Å². The lowest BCUT2D eigenvalue weighted by atomic mass is 9.69. The molecule has 1 unspecified atom stereocenters. The Morgan fingerprint density at radius 2 is 1.71 bits per heavy atom. The van der Waals surface area contributed by atoms with Crippen LogP contribution in [0.5, 0.6) is 0 Å². The second-order valence-electron chi connectivity index (χ2n) is 17.2. The maximum absolute atomic E-state index is 16.0. The smallest absolute Gasteiger partial charge is 0.385 e. The Kier molecular flexibility index (Phi) is 10.0. The largest absolute Gasteiger partial charge is 0.418 e. The number of likely N-dealkylation sites (tertiary alicyclic amines) is 2. The van der Waals surface area contributed by atoms with E-state index in [1.807, 2.05) is 46.6 Å². The SMILES string of the molecule is CNc1cc(N2CCc3c(-c4ccc(CN5CC6(CCN(C(=O)c7ccc(C(F)(F)F)c(N8CCC(=O)NC8=O)c7)CC6(F)F)C5)cn4)cccc32)nn2c(C(=O)NC3C[C@@H]3F)cnc12. The molecule has 3 aromatic heterocycles. The van der Waals surface area contributed by atoms with Crippen molar-refractivity contribution in [1.29, 1.82) is 0 Å². The van der Waals surface area contributed by atoms with Crippen LogP contribution in [0.2, 0.25) is 0 Å². The van der Waals surface area contributed by atoms with Crippen LogP contribution in [0.15, 0.2) is 67.0 Å². The lowest BCUT2D eigenvalue weighted by molar-refractivity contribution is -0.220. The molecule has 5 amide bonds. The Morgan fingerprint density at radius 3 is 2.40 bits per heavy atom. The molecule has 5 aliphatic rings. The van der Waals surface area contributed by atoms with Crippen LogP contribution in [-0.2, 0) is 23.9 Å². The number of nitrogens with zero attached hydrogens (tertiary/aromatic N) is 8. The number of carbonyl (C=O) groups excluding carboxylic acids is 4. The molecule has 15 nitrogen and oxygen atoms in total. The van der Waals surface area contributed by atoms with Crippen molar-refractivity contribution in [1.82, 2.24) is 40.0 Å². The highest BCUT2D eigenvalue weighted by Gasteiger charge is 2.63. The van der Waals surface area contributed by atoms with E-state index < -0.39 is 71.3 Å². The number of hydrogen-bond acceptors (Lipinski definition) is 10. The topological polar surface area (TPSA) is 160 Å². The number of hydrogen-bond donors (Lipinski definition) is 3. The molecule has 2 atom stereocenters. The number of urea groups is 1. The number of imidazole rings is 1. The molecule has 3 N–H and O–H groups in total. The second-order valence-corrected chi connectivity index (χ2v) is 17.2. The van der Waals surface area contributed by atoms with Crippen LogP contribution in [0.3, 0.4) is 0 Å². The maximum atomic E-state index is 16.0. The number of fused-ring (bicyclic) bond motifs is 2. The highest BCUT2D eigenvalue weighted by molar-refractivity contribution is 6.07. The van der Waals surface area contributed by atoms with Crippen LogP contribution < -0.4 is 25.8 Å². The van der Waals surface area contributed by atoms with Crippen LogP contribution >= 0.6 is 0 Å². The molecule has 1 aliphatic carbocycles. The number of imide groups is 1. The molecule has 7 heterocycles. The minimum absolute atomic E-state index is 0.0284. The number of pyridine rings is 1. The van der Waals surface area contributed by atoms with Crippen molar-refractivity contribution >= 4 is 52.3 Å². The Labute approximate surface area is 366 Å². The van der Waals surface area contributed by atoms with Crippen LogP contribution in [0.25, 0.3) is 16.9 Å². The number of carbonyl (C=O) groups is 4. The zero-order valence-electron chi connectivity index (χ0n) is 34.8. The molecule has 0 bridgehead atoms. The Bertz CT molecular complexity index is 2780. The quantitative estimate of drug-likeness (QED) is 0.154. The lowest BCUT2D eigenvalue weighted by Crippen LogP contribution is -2.70. The summed E-state index contributed by atoms with van der Waals surface area (Å²) in [5.41, 5.74) is 2.21. The van der Waals surface area contributed by atoms with E-state index in [1.165, 1.54) is 10.7 Å². The van der Waals surface area contributed by atoms with Crippen LogP contribution in [0, 0.1) is 5.41 Å². The van der Waals surface area contributed by atoms with Crippen molar-refractivity contribution in [3.63, 3.8) is 0 Å². The van der Waals surface area contributed by atoms with E-state index in [-0.39, 0.29) is 56.7 Å². The van der Waals surface area contributed by atoms with E-state index in [4.69, 9.17) is 10.1 Å². The van der Waals surface area contributed by atoms with Gasteiger partial charge in [-0.25, -0.2) is 27.5 Å². The fourth-order valence-corrected chi connectivity index (χ4v) is 9.44. The van der Waals surface area contributed by atoms with E-state index in [9.17, 15) is 36.7 Å². The van der Waals surface area contributed by atoms with Gasteiger partial charge in [0.2, 0.25) is 5.91 Å². The monoisotopic (exact) mass is 901 g/mol. The third kappa shape index (κ3) is 7.44. The highest BCUT2D eigenvalue weighted by Crippen LogP contribution is 2.51. The molecule has 0 radical (unpaired) electrons. The van der Waals surface area contributed by atoms with E-state index in [2.05, 4.69) is 20.5 Å². The molecular formula is C44H41F6N11O4. The first kappa shape index (κ1) is 42.2. The predicted octanol–water partition coefficient (Wildman–Crippen LogP) is 5.82. The number of benzene rings is 2. The Balaban J connectivity index is 0.794. The molecule has 21 heteroatoms.